The zero-order valence-corrected chi connectivity index (χ0v) is 15.0. The van der Waals surface area contributed by atoms with E-state index in [4.69, 9.17) is 9.47 Å². The first-order valence-corrected chi connectivity index (χ1v) is 8.38. The van der Waals surface area contributed by atoms with Crippen molar-refractivity contribution < 1.29 is 14.3 Å². The van der Waals surface area contributed by atoms with E-state index in [9.17, 15) is 4.79 Å². The molecular formula is C18H24N4O3. The van der Waals surface area contributed by atoms with Crippen molar-refractivity contribution in [2.45, 2.75) is 32.9 Å². The Morgan fingerprint density at radius 1 is 1.36 bits per heavy atom. The van der Waals surface area contributed by atoms with Gasteiger partial charge in [0.25, 0.3) is 0 Å². The molecule has 7 nitrogen and oxygen atoms in total. The van der Waals surface area contributed by atoms with Crippen molar-refractivity contribution in [1.82, 2.24) is 20.4 Å². The number of para-hydroxylation sites is 2. The fourth-order valence-electron chi connectivity index (χ4n) is 3.11. The van der Waals surface area contributed by atoms with E-state index in [-0.39, 0.29) is 18.2 Å². The van der Waals surface area contributed by atoms with Gasteiger partial charge in [-0.05, 0) is 32.9 Å². The fourth-order valence-corrected chi connectivity index (χ4v) is 3.11. The first kappa shape index (κ1) is 17.1. The van der Waals surface area contributed by atoms with Crippen molar-refractivity contribution in [3.8, 4) is 11.5 Å². The van der Waals surface area contributed by atoms with Crippen LogP contribution in [-0.4, -0.2) is 35.1 Å². The van der Waals surface area contributed by atoms with Crippen LogP contribution in [-0.2, 0) is 7.05 Å². The van der Waals surface area contributed by atoms with Gasteiger partial charge in [-0.3, -0.25) is 4.68 Å². The highest BCUT2D eigenvalue weighted by molar-refractivity contribution is 5.74. The summed E-state index contributed by atoms with van der Waals surface area (Å²) in [7, 11) is 1.90. The first-order chi connectivity index (χ1) is 12.0. The van der Waals surface area contributed by atoms with Gasteiger partial charge >= 0.3 is 6.03 Å². The Morgan fingerprint density at radius 3 is 2.76 bits per heavy atom. The second-order valence-electron chi connectivity index (χ2n) is 6.28. The molecule has 0 radical (unpaired) electrons. The van der Waals surface area contributed by atoms with E-state index in [2.05, 4.69) is 15.7 Å². The fraction of sp³-hybridized carbons (Fsp3) is 0.444. The second kappa shape index (κ2) is 7.04. The average molecular weight is 344 g/mol. The highest BCUT2D eigenvalue weighted by Gasteiger charge is 2.22. The number of ether oxygens (including phenoxy) is 2. The van der Waals surface area contributed by atoms with Crippen LogP contribution in [0.25, 0.3) is 0 Å². The van der Waals surface area contributed by atoms with E-state index in [1.165, 1.54) is 0 Å². The molecular weight excluding hydrogens is 320 g/mol. The van der Waals surface area contributed by atoms with Crippen LogP contribution in [0.2, 0.25) is 0 Å². The lowest BCUT2D eigenvalue weighted by Gasteiger charge is -2.26. The Bertz CT molecular complexity index is 772. The highest BCUT2D eigenvalue weighted by Crippen LogP contribution is 2.30. The van der Waals surface area contributed by atoms with E-state index >= 15 is 0 Å². The van der Waals surface area contributed by atoms with E-state index in [0.717, 1.165) is 22.7 Å². The zero-order valence-electron chi connectivity index (χ0n) is 15.0. The van der Waals surface area contributed by atoms with Crippen LogP contribution in [0.15, 0.2) is 24.3 Å². The molecule has 2 heterocycles. The summed E-state index contributed by atoms with van der Waals surface area (Å²) in [5.74, 6) is 1.44. The van der Waals surface area contributed by atoms with Gasteiger partial charge < -0.3 is 20.1 Å². The minimum atomic E-state index is -0.238. The van der Waals surface area contributed by atoms with Gasteiger partial charge in [0, 0.05) is 18.3 Å². The molecule has 1 aliphatic rings. The van der Waals surface area contributed by atoms with Gasteiger partial charge in [0.15, 0.2) is 17.6 Å². The molecule has 0 saturated carbocycles. The third-order valence-corrected chi connectivity index (χ3v) is 4.40. The molecule has 0 fully saturated rings. The Balaban J connectivity index is 1.52. The molecule has 0 unspecified atom stereocenters. The molecule has 0 saturated heterocycles. The van der Waals surface area contributed by atoms with Gasteiger partial charge in [-0.15, -0.1) is 0 Å². The number of amides is 2. The molecule has 2 atom stereocenters. The van der Waals surface area contributed by atoms with Crippen molar-refractivity contribution in [3.05, 3.63) is 41.2 Å². The molecule has 134 valence electrons. The van der Waals surface area contributed by atoms with Crippen LogP contribution in [0.4, 0.5) is 4.79 Å². The van der Waals surface area contributed by atoms with E-state index < -0.39 is 0 Å². The number of carbonyl (C=O) groups is 1. The first-order valence-electron chi connectivity index (χ1n) is 8.38. The van der Waals surface area contributed by atoms with Gasteiger partial charge in [0.2, 0.25) is 0 Å². The van der Waals surface area contributed by atoms with Gasteiger partial charge in [0.1, 0.15) is 6.61 Å². The molecule has 25 heavy (non-hydrogen) atoms. The van der Waals surface area contributed by atoms with Crippen molar-refractivity contribution in [2.24, 2.45) is 7.05 Å². The molecule has 2 amide bonds. The van der Waals surface area contributed by atoms with Crippen LogP contribution in [0.1, 0.15) is 29.9 Å². The number of nitrogens with one attached hydrogen (secondary N) is 2. The maximum Gasteiger partial charge on any atom is 0.315 e. The van der Waals surface area contributed by atoms with Crippen LogP contribution in [0, 0.1) is 13.8 Å². The maximum atomic E-state index is 12.2. The average Bonchev–Trinajstić information content (AvgIpc) is 2.85. The molecule has 1 aromatic heterocycles. The van der Waals surface area contributed by atoms with Gasteiger partial charge in [-0.25, -0.2) is 4.79 Å². The quantitative estimate of drug-likeness (QED) is 0.892. The number of urea groups is 1. The van der Waals surface area contributed by atoms with Crippen LogP contribution >= 0.6 is 0 Å². The van der Waals surface area contributed by atoms with E-state index in [1.807, 2.05) is 56.8 Å². The summed E-state index contributed by atoms with van der Waals surface area (Å²) in [6, 6.07) is 7.16. The van der Waals surface area contributed by atoms with Crippen molar-refractivity contribution in [2.75, 3.05) is 13.2 Å². The number of rotatable bonds is 4. The maximum absolute atomic E-state index is 12.2. The summed E-state index contributed by atoms with van der Waals surface area (Å²) >= 11 is 0. The Morgan fingerprint density at radius 2 is 2.08 bits per heavy atom. The Hall–Kier alpha value is -2.70. The normalized spacial score (nSPS) is 17.0. The van der Waals surface area contributed by atoms with Gasteiger partial charge in [-0.1, -0.05) is 12.1 Å². The number of hydrogen-bond acceptors (Lipinski definition) is 4. The third-order valence-electron chi connectivity index (χ3n) is 4.40. The SMILES string of the molecule is Cc1nn(C)c(C)c1[C@H](C)NC(=O)NC[C@@H]1COc2ccccc2O1. The van der Waals surface area contributed by atoms with Crippen molar-refractivity contribution in [3.63, 3.8) is 0 Å². The molecule has 0 aliphatic carbocycles. The molecule has 3 rings (SSSR count). The molecule has 2 aromatic rings. The van der Waals surface area contributed by atoms with Crippen molar-refractivity contribution >= 4 is 6.03 Å². The topological polar surface area (TPSA) is 77.4 Å². The van der Waals surface area contributed by atoms with E-state index in [1.54, 1.807) is 0 Å². The van der Waals surface area contributed by atoms with Gasteiger partial charge in [-0.2, -0.15) is 5.10 Å². The summed E-state index contributed by atoms with van der Waals surface area (Å²) < 4.78 is 13.3. The number of nitrogens with zero attached hydrogens (tertiary/aromatic N) is 2. The predicted molar refractivity (Wildman–Crippen MR) is 94.0 cm³/mol. The number of fused-ring (bicyclic) bond motifs is 1. The highest BCUT2D eigenvalue weighted by atomic mass is 16.6. The molecule has 2 N–H and O–H groups in total. The summed E-state index contributed by atoms with van der Waals surface area (Å²) in [5, 5.41) is 10.2. The minimum Gasteiger partial charge on any atom is -0.486 e. The van der Waals surface area contributed by atoms with Crippen molar-refractivity contribution in [1.29, 1.82) is 0 Å². The third kappa shape index (κ3) is 3.70. The molecule has 1 aliphatic heterocycles. The Labute approximate surface area is 147 Å². The molecule has 0 bridgehead atoms. The van der Waals surface area contributed by atoms with Crippen LogP contribution in [0.3, 0.4) is 0 Å². The summed E-state index contributed by atoms with van der Waals surface area (Å²) in [6.45, 7) is 6.68. The summed E-state index contributed by atoms with van der Waals surface area (Å²) in [6.07, 6.45) is -0.210. The minimum absolute atomic E-state index is 0.127. The summed E-state index contributed by atoms with van der Waals surface area (Å²) in [5.41, 5.74) is 3.02. The largest absolute Gasteiger partial charge is 0.486 e. The molecule has 0 spiro atoms. The lowest BCUT2D eigenvalue weighted by molar-refractivity contribution is 0.0917. The summed E-state index contributed by atoms with van der Waals surface area (Å²) in [4.78, 5) is 12.2. The zero-order chi connectivity index (χ0) is 18.0. The molecule has 1 aromatic carbocycles. The number of aromatic nitrogens is 2. The Kier molecular flexibility index (Phi) is 4.83. The van der Waals surface area contributed by atoms with Crippen LogP contribution < -0.4 is 20.1 Å². The van der Waals surface area contributed by atoms with E-state index in [0.29, 0.717) is 18.9 Å². The standard InChI is InChI=1S/C18H24N4O3/c1-11(17-12(2)21-22(4)13(17)3)20-18(23)19-9-14-10-24-15-7-5-6-8-16(15)25-14/h5-8,11,14H,9-10H2,1-4H3,(H2,19,20,23)/t11-,14+/m0/s1. The molecule has 7 heteroatoms. The monoisotopic (exact) mass is 344 g/mol. The predicted octanol–water partition coefficient (Wildman–Crippen LogP) is 2.24. The lowest BCUT2D eigenvalue weighted by Crippen LogP contribution is -2.45. The lowest BCUT2D eigenvalue weighted by atomic mass is 10.1. The number of hydrogen-bond donors (Lipinski definition) is 2. The number of carbonyl (C=O) groups excluding carboxylic acids is 1. The van der Waals surface area contributed by atoms with Crippen LogP contribution in [0.5, 0.6) is 11.5 Å². The van der Waals surface area contributed by atoms with Gasteiger partial charge in [0.05, 0.1) is 18.3 Å². The second-order valence-corrected chi connectivity index (χ2v) is 6.28. The number of aryl methyl sites for hydroxylation is 2. The smallest absolute Gasteiger partial charge is 0.315 e. The number of benzene rings is 1.